The van der Waals surface area contributed by atoms with Crippen molar-refractivity contribution in [1.82, 2.24) is 4.98 Å². The van der Waals surface area contributed by atoms with Crippen LogP contribution in [-0.2, 0) is 10.2 Å². The van der Waals surface area contributed by atoms with E-state index in [-0.39, 0.29) is 22.9 Å². The molecule has 120 valence electrons. The van der Waals surface area contributed by atoms with Crippen LogP contribution in [0.25, 0.3) is 0 Å². The average molecular weight is 311 g/mol. The molecule has 7 heteroatoms. The Hall–Kier alpha value is -2.05. The number of aromatic nitrogens is 1. The molecule has 1 aromatic heterocycles. The SMILES string of the molecule is CCCCC(=O)Nc1cnc(C2(C(F)F)CC2)cc1C(N)=O. The highest BCUT2D eigenvalue weighted by atomic mass is 19.3. The molecule has 2 amide bonds. The lowest BCUT2D eigenvalue weighted by Gasteiger charge is -2.16. The van der Waals surface area contributed by atoms with E-state index in [1.165, 1.54) is 12.3 Å². The number of carbonyl (C=O) groups is 2. The Labute approximate surface area is 127 Å². The van der Waals surface area contributed by atoms with Gasteiger partial charge >= 0.3 is 0 Å². The van der Waals surface area contributed by atoms with Crippen LogP contribution in [0.5, 0.6) is 0 Å². The predicted molar refractivity (Wildman–Crippen MR) is 77.8 cm³/mol. The van der Waals surface area contributed by atoms with E-state index >= 15 is 0 Å². The summed E-state index contributed by atoms with van der Waals surface area (Å²) < 4.78 is 26.2. The first-order valence-corrected chi connectivity index (χ1v) is 7.29. The molecule has 2 rings (SSSR count). The highest BCUT2D eigenvalue weighted by molar-refractivity contribution is 6.02. The Morgan fingerprint density at radius 3 is 2.64 bits per heavy atom. The monoisotopic (exact) mass is 311 g/mol. The first kappa shape index (κ1) is 16.3. The third-order valence-corrected chi connectivity index (χ3v) is 3.92. The smallest absolute Gasteiger partial charge is 0.250 e. The van der Waals surface area contributed by atoms with Crippen LogP contribution in [-0.4, -0.2) is 23.2 Å². The van der Waals surface area contributed by atoms with Crippen LogP contribution >= 0.6 is 0 Å². The number of pyridine rings is 1. The molecule has 0 spiro atoms. The lowest BCUT2D eigenvalue weighted by Crippen LogP contribution is -2.23. The zero-order chi connectivity index (χ0) is 16.3. The second kappa shape index (κ2) is 6.37. The van der Waals surface area contributed by atoms with Crippen LogP contribution in [0.2, 0.25) is 0 Å². The Bertz CT molecular complexity index is 586. The number of amides is 2. The molecule has 1 aliphatic rings. The number of hydrogen-bond donors (Lipinski definition) is 2. The molecule has 0 unspecified atom stereocenters. The number of nitrogens with two attached hydrogens (primary N) is 1. The number of rotatable bonds is 7. The minimum Gasteiger partial charge on any atom is -0.366 e. The second-order valence-corrected chi connectivity index (χ2v) is 5.59. The van der Waals surface area contributed by atoms with Gasteiger partial charge in [-0.1, -0.05) is 13.3 Å². The first-order chi connectivity index (χ1) is 10.4. The van der Waals surface area contributed by atoms with E-state index in [4.69, 9.17) is 5.73 Å². The van der Waals surface area contributed by atoms with Gasteiger partial charge in [-0.05, 0) is 25.3 Å². The summed E-state index contributed by atoms with van der Waals surface area (Å²) in [5.74, 6) is -1.03. The Kier molecular flexibility index (Phi) is 4.73. The molecule has 0 atom stereocenters. The number of carbonyl (C=O) groups excluding carboxylic acids is 2. The molecule has 1 fully saturated rings. The van der Waals surface area contributed by atoms with Gasteiger partial charge in [0, 0.05) is 6.42 Å². The minimum atomic E-state index is -2.54. The molecule has 3 N–H and O–H groups in total. The van der Waals surface area contributed by atoms with Gasteiger partial charge in [0.1, 0.15) is 0 Å². The minimum absolute atomic E-state index is 0.0155. The van der Waals surface area contributed by atoms with Gasteiger partial charge in [-0.15, -0.1) is 0 Å². The number of halogens is 2. The third-order valence-electron chi connectivity index (χ3n) is 3.92. The van der Waals surface area contributed by atoms with Crippen molar-refractivity contribution in [3.63, 3.8) is 0 Å². The number of nitrogens with one attached hydrogen (secondary N) is 1. The highest BCUT2D eigenvalue weighted by Gasteiger charge is 2.54. The summed E-state index contributed by atoms with van der Waals surface area (Å²) in [5, 5.41) is 2.57. The fraction of sp³-hybridized carbons (Fsp3) is 0.533. The van der Waals surface area contributed by atoms with E-state index in [0.717, 1.165) is 12.8 Å². The maximum Gasteiger partial charge on any atom is 0.250 e. The maximum absolute atomic E-state index is 13.1. The van der Waals surface area contributed by atoms with E-state index in [9.17, 15) is 18.4 Å². The van der Waals surface area contributed by atoms with E-state index in [1.807, 2.05) is 6.92 Å². The zero-order valence-electron chi connectivity index (χ0n) is 12.4. The van der Waals surface area contributed by atoms with Crippen molar-refractivity contribution in [2.24, 2.45) is 5.73 Å². The molecular weight excluding hydrogens is 292 g/mol. The van der Waals surface area contributed by atoms with Gasteiger partial charge in [-0.25, -0.2) is 8.78 Å². The van der Waals surface area contributed by atoms with Crippen LogP contribution in [0, 0.1) is 0 Å². The maximum atomic E-state index is 13.1. The summed E-state index contributed by atoms with van der Waals surface area (Å²) in [6, 6.07) is 1.27. The summed E-state index contributed by atoms with van der Waals surface area (Å²) in [5.41, 5.74) is 4.36. The van der Waals surface area contributed by atoms with Crippen molar-refractivity contribution in [1.29, 1.82) is 0 Å². The molecule has 0 aromatic carbocycles. The summed E-state index contributed by atoms with van der Waals surface area (Å²) in [4.78, 5) is 27.3. The normalized spacial score (nSPS) is 15.6. The Morgan fingerprint density at radius 2 is 2.14 bits per heavy atom. The third kappa shape index (κ3) is 3.23. The van der Waals surface area contributed by atoms with Crippen molar-refractivity contribution in [2.75, 3.05) is 5.32 Å². The standard InChI is InChI=1S/C15H19F2N3O2/c1-2-3-4-12(21)20-10-8-19-11(7-9(10)13(18)22)15(5-6-15)14(16)17/h7-8,14H,2-6H2,1H3,(H2,18,22)(H,20,21). The lowest BCUT2D eigenvalue weighted by molar-refractivity contribution is -0.116. The molecule has 0 radical (unpaired) electrons. The molecular formula is C15H19F2N3O2. The lowest BCUT2D eigenvalue weighted by atomic mass is 10.00. The topological polar surface area (TPSA) is 85.1 Å². The van der Waals surface area contributed by atoms with E-state index < -0.39 is 17.7 Å². The van der Waals surface area contributed by atoms with E-state index in [0.29, 0.717) is 19.3 Å². The van der Waals surface area contributed by atoms with E-state index in [1.54, 1.807) is 0 Å². The molecule has 0 aliphatic heterocycles. The van der Waals surface area contributed by atoms with Gasteiger partial charge in [-0.2, -0.15) is 0 Å². The van der Waals surface area contributed by atoms with Gasteiger partial charge in [0.15, 0.2) is 0 Å². The highest BCUT2D eigenvalue weighted by Crippen LogP contribution is 2.52. The van der Waals surface area contributed by atoms with Gasteiger partial charge < -0.3 is 11.1 Å². The van der Waals surface area contributed by atoms with Gasteiger partial charge in [0.2, 0.25) is 12.3 Å². The molecule has 0 bridgehead atoms. The van der Waals surface area contributed by atoms with Crippen LogP contribution in [0.4, 0.5) is 14.5 Å². The van der Waals surface area contributed by atoms with Crippen molar-refractivity contribution in [2.45, 2.75) is 50.9 Å². The number of hydrogen-bond acceptors (Lipinski definition) is 3. The van der Waals surface area contributed by atoms with Gasteiger partial charge in [0.25, 0.3) is 5.91 Å². The van der Waals surface area contributed by atoms with Crippen molar-refractivity contribution >= 4 is 17.5 Å². The fourth-order valence-corrected chi connectivity index (χ4v) is 2.30. The van der Waals surface area contributed by atoms with E-state index in [2.05, 4.69) is 10.3 Å². The fourth-order valence-electron chi connectivity index (χ4n) is 2.30. The van der Waals surface area contributed by atoms with Gasteiger partial charge in [-0.3, -0.25) is 14.6 Å². The predicted octanol–water partition coefficient (Wildman–Crippen LogP) is 2.61. The largest absolute Gasteiger partial charge is 0.366 e. The average Bonchev–Trinajstić information content (AvgIpc) is 3.27. The molecule has 1 heterocycles. The molecule has 22 heavy (non-hydrogen) atoms. The number of primary amides is 1. The van der Waals surface area contributed by atoms with Gasteiger partial charge in [0.05, 0.1) is 28.6 Å². The quantitative estimate of drug-likeness (QED) is 0.811. The van der Waals surface area contributed by atoms with Crippen LogP contribution < -0.4 is 11.1 Å². The molecule has 5 nitrogen and oxygen atoms in total. The molecule has 1 aromatic rings. The molecule has 1 saturated carbocycles. The Morgan fingerprint density at radius 1 is 1.45 bits per heavy atom. The van der Waals surface area contributed by atoms with Crippen LogP contribution in [0.1, 0.15) is 55.1 Å². The first-order valence-electron chi connectivity index (χ1n) is 7.29. The summed E-state index contributed by atoms with van der Waals surface area (Å²) in [7, 11) is 0. The second-order valence-electron chi connectivity index (χ2n) is 5.59. The number of unbranched alkanes of at least 4 members (excludes halogenated alkanes) is 1. The number of nitrogens with zero attached hydrogens (tertiary/aromatic N) is 1. The summed E-state index contributed by atoms with van der Waals surface area (Å²) in [6.07, 6.45) is 1.27. The molecule has 0 saturated heterocycles. The Balaban J connectivity index is 2.25. The van der Waals surface area contributed by atoms with Crippen molar-refractivity contribution in [3.8, 4) is 0 Å². The van der Waals surface area contributed by atoms with Crippen LogP contribution in [0.3, 0.4) is 0 Å². The zero-order valence-corrected chi connectivity index (χ0v) is 12.4. The number of alkyl halides is 2. The summed E-state index contributed by atoms with van der Waals surface area (Å²) >= 11 is 0. The van der Waals surface area contributed by atoms with Crippen molar-refractivity contribution in [3.05, 3.63) is 23.5 Å². The van der Waals surface area contributed by atoms with Crippen LogP contribution in [0.15, 0.2) is 12.3 Å². The van der Waals surface area contributed by atoms with Crippen molar-refractivity contribution < 1.29 is 18.4 Å². The molecule has 1 aliphatic carbocycles. The summed E-state index contributed by atoms with van der Waals surface area (Å²) in [6.45, 7) is 1.96. The number of anilines is 1.